The second-order valence-electron chi connectivity index (χ2n) is 5.00. The molecular formula is C13H15Cl2N3O. The van der Waals surface area contributed by atoms with E-state index in [1.54, 1.807) is 0 Å². The molecule has 1 aliphatic rings. The van der Waals surface area contributed by atoms with E-state index in [1.807, 2.05) is 6.08 Å². The average Bonchev–Trinajstić information content (AvgIpc) is 2.48. The van der Waals surface area contributed by atoms with Gasteiger partial charge in [0.05, 0.1) is 5.69 Å². The number of hydrogen-bond acceptors (Lipinski definition) is 3. The van der Waals surface area contributed by atoms with E-state index in [1.165, 1.54) is 0 Å². The molecule has 2 N–H and O–H groups in total. The molecule has 0 saturated carbocycles. The predicted octanol–water partition coefficient (Wildman–Crippen LogP) is 2.87. The fourth-order valence-corrected chi connectivity index (χ4v) is 2.83. The van der Waals surface area contributed by atoms with Gasteiger partial charge in [0.15, 0.2) is 0 Å². The van der Waals surface area contributed by atoms with Gasteiger partial charge in [-0.1, -0.05) is 31.5 Å². The number of primary amides is 1. The Balaban J connectivity index is 2.61. The lowest BCUT2D eigenvalue weighted by molar-refractivity contribution is -0.112. The Hall–Kier alpha value is -1.13. The van der Waals surface area contributed by atoms with Gasteiger partial charge < -0.3 is 5.73 Å². The zero-order valence-corrected chi connectivity index (χ0v) is 12.3. The van der Waals surface area contributed by atoms with Gasteiger partial charge in [0.25, 0.3) is 0 Å². The lowest BCUT2D eigenvalue weighted by Gasteiger charge is -2.15. The van der Waals surface area contributed by atoms with Crippen LogP contribution < -0.4 is 5.73 Å². The first-order valence-corrected chi connectivity index (χ1v) is 6.89. The number of allylic oxidation sites excluding steroid dienone is 1. The molecule has 2 rings (SSSR count). The number of aryl methyl sites for hydroxylation is 1. The van der Waals surface area contributed by atoms with Crippen molar-refractivity contribution >= 4 is 34.7 Å². The molecule has 0 aliphatic heterocycles. The molecule has 0 fully saturated rings. The molecule has 1 amide bonds. The second kappa shape index (κ2) is 5.47. The number of carbonyl (C=O) groups is 1. The van der Waals surface area contributed by atoms with Crippen molar-refractivity contribution in [2.75, 3.05) is 0 Å². The smallest absolute Gasteiger partial charge is 0.249 e. The normalized spacial score (nSPS) is 18.8. The van der Waals surface area contributed by atoms with Crippen LogP contribution in [-0.2, 0) is 11.2 Å². The quantitative estimate of drug-likeness (QED) is 0.674. The van der Waals surface area contributed by atoms with E-state index in [2.05, 4.69) is 23.8 Å². The lowest BCUT2D eigenvalue weighted by Crippen LogP contribution is -2.16. The molecule has 1 unspecified atom stereocenters. The topological polar surface area (TPSA) is 68.9 Å². The van der Waals surface area contributed by atoms with Crippen LogP contribution in [0.3, 0.4) is 0 Å². The van der Waals surface area contributed by atoms with E-state index in [9.17, 15) is 4.79 Å². The summed E-state index contributed by atoms with van der Waals surface area (Å²) in [5.41, 5.74) is 7.08. The van der Waals surface area contributed by atoms with E-state index in [4.69, 9.17) is 28.9 Å². The fourth-order valence-electron chi connectivity index (χ4n) is 2.31. The molecule has 1 heterocycles. The minimum absolute atomic E-state index is 0.0931. The Morgan fingerprint density at radius 1 is 1.42 bits per heavy atom. The van der Waals surface area contributed by atoms with Crippen LogP contribution in [0.25, 0.3) is 5.57 Å². The maximum Gasteiger partial charge on any atom is 0.249 e. The Bertz CT molecular complexity index is 555. The third-order valence-electron chi connectivity index (χ3n) is 3.40. The Labute approximate surface area is 122 Å². The average molecular weight is 300 g/mol. The van der Waals surface area contributed by atoms with Gasteiger partial charge in [0.2, 0.25) is 11.2 Å². The van der Waals surface area contributed by atoms with Crippen molar-refractivity contribution in [3.8, 4) is 0 Å². The lowest BCUT2D eigenvalue weighted by atomic mass is 9.90. The number of hydrogen-bond donors (Lipinski definition) is 1. The van der Waals surface area contributed by atoms with Gasteiger partial charge in [0, 0.05) is 11.1 Å². The van der Waals surface area contributed by atoms with Crippen LogP contribution in [0.5, 0.6) is 0 Å². The van der Waals surface area contributed by atoms with Crippen molar-refractivity contribution in [1.82, 2.24) is 9.97 Å². The number of fused-ring (bicyclic) bond motifs is 1. The van der Waals surface area contributed by atoms with E-state index >= 15 is 0 Å². The molecule has 4 nitrogen and oxygen atoms in total. The monoisotopic (exact) mass is 299 g/mol. The minimum Gasteiger partial charge on any atom is -0.366 e. The molecule has 19 heavy (non-hydrogen) atoms. The summed E-state index contributed by atoms with van der Waals surface area (Å²) in [6, 6.07) is 0. The van der Waals surface area contributed by atoms with Crippen molar-refractivity contribution in [3.63, 3.8) is 0 Å². The zero-order valence-electron chi connectivity index (χ0n) is 10.8. The predicted molar refractivity (Wildman–Crippen MR) is 75.9 cm³/mol. The van der Waals surface area contributed by atoms with Gasteiger partial charge in [-0.3, -0.25) is 4.79 Å². The molecule has 0 bridgehead atoms. The molecular weight excluding hydrogens is 285 g/mol. The standard InChI is InChI=1S/C13H15Cl2N3O/c1-6(2)7-3-4-9-10(8(5-7)12(16)19)11(14)18-13(15)17-9/h5-7H,3-4H2,1-2H3,(H2,16,19). The molecule has 1 aromatic rings. The molecule has 6 heteroatoms. The van der Waals surface area contributed by atoms with Crippen molar-refractivity contribution in [2.24, 2.45) is 17.6 Å². The first-order chi connectivity index (χ1) is 8.90. The summed E-state index contributed by atoms with van der Waals surface area (Å²) in [5.74, 6) is 0.152. The van der Waals surface area contributed by atoms with Crippen LogP contribution >= 0.6 is 23.2 Å². The number of amides is 1. The summed E-state index contributed by atoms with van der Waals surface area (Å²) in [6.07, 6.45) is 3.47. The molecule has 1 aliphatic carbocycles. The highest BCUT2D eigenvalue weighted by Crippen LogP contribution is 2.34. The van der Waals surface area contributed by atoms with Gasteiger partial charge in [-0.2, -0.15) is 0 Å². The number of nitrogens with zero attached hydrogens (tertiary/aromatic N) is 2. The van der Waals surface area contributed by atoms with Crippen LogP contribution in [-0.4, -0.2) is 15.9 Å². The Kier molecular flexibility index (Phi) is 4.11. The van der Waals surface area contributed by atoms with Gasteiger partial charge in [-0.15, -0.1) is 0 Å². The number of rotatable bonds is 2. The molecule has 1 aromatic heterocycles. The van der Waals surface area contributed by atoms with E-state index < -0.39 is 5.91 Å². The van der Waals surface area contributed by atoms with E-state index in [0.717, 1.165) is 6.42 Å². The number of nitrogens with two attached hydrogens (primary N) is 1. The van der Waals surface area contributed by atoms with Crippen LogP contribution in [0.15, 0.2) is 6.08 Å². The van der Waals surface area contributed by atoms with Crippen molar-refractivity contribution in [1.29, 1.82) is 0 Å². The molecule has 102 valence electrons. The highest BCUT2D eigenvalue weighted by Gasteiger charge is 2.26. The molecule has 0 saturated heterocycles. The molecule has 0 radical (unpaired) electrons. The number of halogens is 2. The maximum atomic E-state index is 11.7. The zero-order chi connectivity index (χ0) is 14.2. The van der Waals surface area contributed by atoms with E-state index in [0.29, 0.717) is 29.2 Å². The van der Waals surface area contributed by atoms with E-state index in [-0.39, 0.29) is 16.4 Å². The van der Waals surface area contributed by atoms with Crippen LogP contribution in [0.2, 0.25) is 10.4 Å². The SMILES string of the molecule is CC(C)C1C=C(C(N)=O)c2c(Cl)nc(Cl)nc2CC1. The Morgan fingerprint density at radius 2 is 2.11 bits per heavy atom. The summed E-state index contributed by atoms with van der Waals surface area (Å²) in [6.45, 7) is 4.21. The second-order valence-corrected chi connectivity index (χ2v) is 5.69. The van der Waals surface area contributed by atoms with Gasteiger partial charge >= 0.3 is 0 Å². The summed E-state index contributed by atoms with van der Waals surface area (Å²) >= 11 is 11.9. The van der Waals surface area contributed by atoms with Crippen LogP contribution in [0.1, 0.15) is 31.5 Å². The van der Waals surface area contributed by atoms with Gasteiger partial charge in [-0.25, -0.2) is 9.97 Å². The largest absolute Gasteiger partial charge is 0.366 e. The third kappa shape index (κ3) is 2.90. The maximum absolute atomic E-state index is 11.7. The first kappa shape index (κ1) is 14.3. The number of aromatic nitrogens is 2. The van der Waals surface area contributed by atoms with Crippen LogP contribution in [0.4, 0.5) is 0 Å². The van der Waals surface area contributed by atoms with Crippen molar-refractivity contribution in [3.05, 3.63) is 27.8 Å². The first-order valence-electron chi connectivity index (χ1n) is 6.14. The summed E-state index contributed by atoms with van der Waals surface area (Å²) in [7, 11) is 0. The highest BCUT2D eigenvalue weighted by atomic mass is 35.5. The molecule has 1 atom stereocenters. The molecule has 0 spiro atoms. The number of carbonyl (C=O) groups excluding carboxylic acids is 1. The highest BCUT2D eigenvalue weighted by molar-refractivity contribution is 6.35. The summed E-state index contributed by atoms with van der Waals surface area (Å²) in [5, 5.41) is 0.278. The van der Waals surface area contributed by atoms with Gasteiger partial charge in [0.1, 0.15) is 5.15 Å². The van der Waals surface area contributed by atoms with Crippen LogP contribution in [0, 0.1) is 11.8 Å². The summed E-state index contributed by atoms with van der Waals surface area (Å²) in [4.78, 5) is 19.8. The third-order valence-corrected chi connectivity index (χ3v) is 3.84. The fraction of sp³-hybridized carbons (Fsp3) is 0.462. The summed E-state index contributed by atoms with van der Waals surface area (Å²) < 4.78 is 0. The molecule has 0 aromatic carbocycles. The van der Waals surface area contributed by atoms with Crippen molar-refractivity contribution in [2.45, 2.75) is 26.7 Å². The minimum atomic E-state index is -0.512. The van der Waals surface area contributed by atoms with Gasteiger partial charge in [-0.05, 0) is 36.3 Å². The van der Waals surface area contributed by atoms with Crippen molar-refractivity contribution < 1.29 is 4.79 Å². The Morgan fingerprint density at radius 3 is 2.68 bits per heavy atom.